The number of benzene rings is 1. The molecule has 0 aliphatic rings. The predicted molar refractivity (Wildman–Crippen MR) is 84.9 cm³/mol. The maximum absolute atomic E-state index is 12.0. The minimum atomic E-state index is -0.199. The summed E-state index contributed by atoms with van der Waals surface area (Å²) in [7, 11) is 0. The average Bonchev–Trinajstić information content (AvgIpc) is 2.45. The summed E-state index contributed by atoms with van der Waals surface area (Å²) in [6.07, 6.45) is 1.17. The fraction of sp³-hybridized carbons (Fsp3) is 0.500. The normalized spacial score (nSPS) is 10.9. The molecule has 0 heterocycles. The van der Waals surface area contributed by atoms with Crippen LogP contribution in [0.4, 0.5) is 5.69 Å². The van der Waals surface area contributed by atoms with E-state index in [9.17, 15) is 4.79 Å². The number of nitrogens with one attached hydrogen (secondary N) is 1. The van der Waals surface area contributed by atoms with Crippen LogP contribution in [-0.2, 0) is 4.79 Å². The number of rotatable bonds is 9. The molecule has 0 saturated heterocycles. The minimum absolute atomic E-state index is 0.0697. The second-order valence-corrected chi connectivity index (χ2v) is 5.45. The molecule has 0 spiro atoms. The maximum atomic E-state index is 12.0. The lowest BCUT2D eigenvalue weighted by Crippen LogP contribution is -2.35. The van der Waals surface area contributed by atoms with Crippen LogP contribution in [-0.4, -0.2) is 53.9 Å². The smallest absolute Gasteiger partial charge is 0.238 e. The molecule has 0 radical (unpaired) electrons. The summed E-state index contributed by atoms with van der Waals surface area (Å²) in [6.45, 7) is 1.51. The zero-order chi connectivity index (χ0) is 15.7. The van der Waals surface area contributed by atoms with Crippen molar-refractivity contribution in [1.82, 2.24) is 4.90 Å². The third-order valence-corrected chi connectivity index (χ3v) is 3.39. The molecule has 3 N–H and O–H groups in total. The molecule has 1 rings (SSSR count). The highest BCUT2D eigenvalue weighted by molar-refractivity contribution is 6.36. The fourth-order valence-electron chi connectivity index (χ4n) is 1.84. The summed E-state index contributed by atoms with van der Waals surface area (Å²) in [5.41, 5.74) is 0.510. The van der Waals surface area contributed by atoms with Gasteiger partial charge in [-0.2, -0.15) is 0 Å². The van der Waals surface area contributed by atoms with E-state index < -0.39 is 0 Å². The average molecular weight is 335 g/mol. The lowest BCUT2D eigenvalue weighted by atomic mass is 10.3. The number of amides is 1. The van der Waals surface area contributed by atoms with Gasteiger partial charge in [0.25, 0.3) is 0 Å². The highest BCUT2D eigenvalue weighted by Crippen LogP contribution is 2.25. The molecule has 0 aliphatic heterocycles. The number of aliphatic hydroxyl groups excluding tert-OH is 2. The van der Waals surface area contributed by atoms with Crippen molar-refractivity contribution in [3.05, 3.63) is 28.2 Å². The number of hydrogen-bond acceptors (Lipinski definition) is 4. The van der Waals surface area contributed by atoms with Crippen molar-refractivity contribution < 1.29 is 15.0 Å². The van der Waals surface area contributed by atoms with Gasteiger partial charge < -0.3 is 15.5 Å². The first-order valence-corrected chi connectivity index (χ1v) is 7.51. The van der Waals surface area contributed by atoms with E-state index >= 15 is 0 Å². The van der Waals surface area contributed by atoms with Crippen LogP contribution in [0.25, 0.3) is 0 Å². The van der Waals surface area contributed by atoms with E-state index in [1.807, 2.05) is 4.90 Å². The number of carbonyl (C=O) groups is 1. The van der Waals surface area contributed by atoms with Gasteiger partial charge in [-0.15, -0.1) is 0 Å². The Hall–Kier alpha value is -0.850. The molecular weight excluding hydrogens is 315 g/mol. The second-order valence-electron chi connectivity index (χ2n) is 4.60. The van der Waals surface area contributed by atoms with Gasteiger partial charge in [0.2, 0.25) is 5.91 Å². The summed E-state index contributed by atoms with van der Waals surface area (Å²) in [6, 6.07) is 4.86. The molecule has 0 saturated carbocycles. The number of halogens is 2. The highest BCUT2D eigenvalue weighted by Gasteiger charge is 2.12. The summed E-state index contributed by atoms with van der Waals surface area (Å²) in [5.74, 6) is -0.199. The van der Waals surface area contributed by atoms with E-state index in [1.165, 1.54) is 0 Å². The Morgan fingerprint density at radius 2 is 1.76 bits per heavy atom. The van der Waals surface area contributed by atoms with Crippen LogP contribution in [0.15, 0.2) is 18.2 Å². The van der Waals surface area contributed by atoms with Gasteiger partial charge in [0.15, 0.2) is 0 Å². The molecule has 5 nitrogen and oxygen atoms in total. The zero-order valence-electron chi connectivity index (χ0n) is 11.7. The van der Waals surface area contributed by atoms with Gasteiger partial charge >= 0.3 is 0 Å². The summed E-state index contributed by atoms with van der Waals surface area (Å²) >= 11 is 11.8. The quantitative estimate of drug-likeness (QED) is 0.645. The van der Waals surface area contributed by atoms with Gasteiger partial charge in [-0.25, -0.2) is 0 Å². The largest absolute Gasteiger partial charge is 0.396 e. The SMILES string of the molecule is O=C(CN(CCCO)CCCO)Nc1ccc(Cl)cc1Cl. The van der Waals surface area contributed by atoms with Gasteiger partial charge in [-0.1, -0.05) is 23.2 Å². The van der Waals surface area contributed by atoms with Crippen LogP contribution in [0.1, 0.15) is 12.8 Å². The van der Waals surface area contributed by atoms with Crippen molar-refractivity contribution in [2.24, 2.45) is 0 Å². The monoisotopic (exact) mass is 334 g/mol. The molecule has 1 amide bonds. The lowest BCUT2D eigenvalue weighted by molar-refractivity contribution is -0.117. The molecule has 21 heavy (non-hydrogen) atoms. The first-order valence-electron chi connectivity index (χ1n) is 6.75. The molecule has 1 aromatic rings. The molecule has 0 aromatic heterocycles. The molecule has 0 atom stereocenters. The van der Waals surface area contributed by atoms with Gasteiger partial charge in [-0.3, -0.25) is 9.69 Å². The van der Waals surface area contributed by atoms with Crippen molar-refractivity contribution in [2.75, 3.05) is 38.2 Å². The van der Waals surface area contributed by atoms with E-state index in [0.717, 1.165) is 0 Å². The first kappa shape index (κ1) is 18.2. The van der Waals surface area contributed by atoms with Crippen molar-refractivity contribution in [3.8, 4) is 0 Å². The van der Waals surface area contributed by atoms with Gasteiger partial charge in [0.1, 0.15) is 0 Å². The molecular formula is C14H20Cl2N2O3. The Kier molecular flexibility index (Phi) is 8.64. The summed E-state index contributed by atoms with van der Waals surface area (Å²) < 4.78 is 0. The Balaban J connectivity index is 2.55. The van der Waals surface area contributed by atoms with Gasteiger partial charge in [0, 0.05) is 31.3 Å². The fourth-order valence-corrected chi connectivity index (χ4v) is 2.30. The molecule has 0 bridgehead atoms. The second kappa shape index (κ2) is 9.97. The number of nitrogens with zero attached hydrogens (tertiary/aromatic N) is 1. The summed E-state index contributed by atoms with van der Waals surface area (Å²) in [5, 5.41) is 21.3. The molecule has 0 fully saturated rings. The van der Waals surface area contributed by atoms with Crippen LogP contribution in [0.5, 0.6) is 0 Å². The standard InChI is InChI=1S/C14H20Cl2N2O3/c15-11-3-4-13(12(16)9-11)17-14(21)10-18(5-1-7-19)6-2-8-20/h3-4,9,19-20H,1-2,5-8,10H2,(H,17,21). The topological polar surface area (TPSA) is 72.8 Å². The van der Waals surface area contributed by atoms with E-state index in [2.05, 4.69) is 5.32 Å². The Morgan fingerprint density at radius 3 is 2.29 bits per heavy atom. The minimum Gasteiger partial charge on any atom is -0.396 e. The molecule has 1 aromatic carbocycles. The van der Waals surface area contributed by atoms with Crippen LogP contribution in [0, 0.1) is 0 Å². The van der Waals surface area contributed by atoms with E-state index in [1.54, 1.807) is 18.2 Å². The molecule has 7 heteroatoms. The number of aliphatic hydroxyl groups is 2. The van der Waals surface area contributed by atoms with Crippen molar-refractivity contribution in [1.29, 1.82) is 0 Å². The van der Waals surface area contributed by atoms with Crippen LogP contribution in [0.3, 0.4) is 0 Å². The first-order chi connectivity index (χ1) is 10.1. The molecule has 0 unspecified atom stereocenters. The third-order valence-electron chi connectivity index (χ3n) is 2.84. The highest BCUT2D eigenvalue weighted by atomic mass is 35.5. The Labute approximate surface area is 134 Å². The number of anilines is 1. The van der Waals surface area contributed by atoms with Gasteiger partial charge in [-0.05, 0) is 31.0 Å². The van der Waals surface area contributed by atoms with Crippen LogP contribution < -0.4 is 5.32 Å². The van der Waals surface area contributed by atoms with Crippen molar-refractivity contribution in [2.45, 2.75) is 12.8 Å². The number of hydrogen-bond donors (Lipinski definition) is 3. The number of carbonyl (C=O) groups excluding carboxylic acids is 1. The van der Waals surface area contributed by atoms with E-state index in [-0.39, 0.29) is 25.7 Å². The lowest BCUT2D eigenvalue weighted by Gasteiger charge is -2.21. The molecule has 0 aliphatic carbocycles. The van der Waals surface area contributed by atoms with E-state index in [4.69, 9.17) is 33.4 Å². The van der Waals surface area contributed by atoms with Crippen molar-refractivity contribution >= 4 is 34.8 Å². The Morgan fingerprint density at radius 1 is 1.14 bits per heavy atom. The summed E-state index contributed by atoms with van der Waals surface area (Å²) in [4.78, 5) is 13.9. The van der Waals surface area contributed by atoms with Crippen molar-refractivity contribution in [3.63, 3.8) is 0 Å². The van der Waals surface area contributed by atoms with Gasteiger partial charge in [0.05, 0.1) is 17.3 Å². The third kappa shape index (κ3) is 7.11. The predicted octanol–water partition coefficient (Wildman–Crippen LogP) is 2.00. The van der Waals surface area contributed by atoms with E-state index in [0.29, 0.717) is 41.7 Å². The maximum Gasteiger partial charge on any atom is 0.238 e. The molecule has 118 valence electrons. The van der Waals surface area contributed by atoms with Crippen LogP contribution >= 0.6 is 23.2 Å². The van der Waals surface area contributed by atoms with Crippen LogP contribution in [0.2, 0.25) is 10.0 Å². The Bertz CT molecular complexity index is 450. The zero-order valence-corrected chi connectivity index (χ0v) is 13.2.